The Labute approximate surface area is 272 Å². The van der Waals surface area contributed by atoms with Crippen molar-refractivity contribution in [2.45, 2.75) is 65.0 Å². The largest absolute Gasteiger partial charge is 0.369 e. The maximum Gasteiger partial charge on any atom is 0.254 e. The second-order valence-electron chi connectivity index (χ2n) is 13.0. The van der Waals surface area contributed by atoms with Crippen LogP contribution in [0, 0.1) is 24.7 Å². The minimum Gasteiger partial charge on any atom is -0.369 e. The van der Waals surface area contributed by atoms with E-state index in [0.29, 0.717) is 25.3 Å². The number of carbonyl (C=O) groups excluding carboxylic acids is 3. The molecule has 1 aliphatic heterocycles. The summed E-state index contributed by atoms with van der Waals surface area (Å²) < 4.78 is 0. The molecule has 6 heteroatoms. The van der Waals surface area contributed by atoms with Crippen molar-refractivity contribution in [1.29, 1.82) is 0 Å². The number of nitrogens with two attached hydrogens (primary N) is 1. The van der Waals surface area contributed by atoms with Crippen LogP contribution in [0.2, 0.25) is 0 Å². The Bertz CT molecular complexity index is 1730. The molecule has 6 nitrogen and oxygen atoms in total. The fourth-order valence-electron chi connectivity index (χ4n) is 6.80. The SMILES string of the molecule is CCCCC(C(N)=O)C(CC1CC1)C(=O)NC1C(=O)N(Cc2cccc(-c3ccc(C)cc3)c2)c2ccccc2-c2ccccc21. The van der Waals surface area contributed by atoms with Gasteiger partial charge in [0, 0.05) is 17.4 Å². The second-order valence-corrected chi connectivity index (χ2v) is 13.0. The summed E-state index contributed by atoms with van der Waals surface area (Å²) >= 11 is 0. The van der Waals surface area contributed by atoms with Gasteiger partial charge in [-0.15, -0.1) is 0 Å². The lowest BCUT2D eigenvalue weighted by Gasteiger charge is -2.29. The molecule has 2 aliphatic rings. The smallest absolute Gasteiger partial charge is 0.254 e. The molecular formula is C40H43N3O3. The van der Waals surface area contributed by atoms with Gasteiger partial charge >= 0.3 is 0 Å². The van der Waals surface area contributed by atoms with Crippen molar-refractivity contribution in [3.8, 4) is 22.3 Å². The average Bonchev–Trinajstić information content (AvgIpc) is 3.90. The van der Waals surface area contributed by atoms with Gasteiger partial charge in [0.1, 0.15) is 6.04 Å². The van der Waals surface area contributed by atoms with E-state index in [-0.39, 0.29) is 11.8 Å². The third-order valence-electron chi connectivity index (χ3n) is 9.55. The van der Waals surface area contributed by atoms with E-state index in [1.54, 1.807) is 4.90 Å². The van der Waals surface area contributed by atoms with Crippen molar-refractivity contribution >= 4 is 23.4 Å². The maximum absolute atomic E-state index is 14.8. The van der Waals surface area contributed by atoms with Gasteiger partial charge < -0.3 is 16.0 Å². The minimum absolute atomic E-state index is 0.208. The van der Waals surface area contributed by atoms with E-state index in [4.69, 9.17) is 5.73 Å². The molecule has 236 valence electrons. The molecule has 4 aromatic carbocycles. The number of hydrogen-bond acceptors (Lipinski definition) is 3. The van der Waals surface area contributed by atoms with Crippen LogP contribution in [0.15, 0.2) is 97.1 Å². The summed E-state index contributed by atoms with van der Waals surface area (Å²) in [5, 5.41) is 3.17. The summed E-state index contributed by atoms with van der Waals surface area (Å²) in [5.41, 5.74) is 13.7. The highest BCUT2D eigenvalue weighted by atomic mass is 16.2. The van der Waals surface area contributed by atoms with E-state index >= 15 is 0 Å². The third-order valence-corrected chi connectivity index (χ3v) is 9.55. The molecule has 0 saturated heterocycles. The van der Waals surface area contributed by atoms with Crippen molar-refractivity contribution < 1.29 is 14.4 Å². The Kier molecular flexibility index (Phi) is 9.34. The standard InChI is InChI=1S/C40H43N3O3/c1-3-4-12-34(38(41)44)35(24-27-19-20-27)39(45)42-37-33-15-6-5-13-31(33)32-14-7-8-16-36(32)43(40(37)46)25-28-10-9-11-30(23-28)29-21-17-26(2)18-22-29/h5-11,13-18,21-23,27,34-35,37H,3-4,12,19-20,24-25H2,1-2H3,(H2,41,44)(H,42,45). The first kappa shape index (κ1) is 31.3. The number of amides is 3. The van der Waals surface area contributed by atoms with Gasteiger partial charge in [-0.1, -0.05) is 123 Å². The molecule has 6 rings (SSSR count). The van der Waals surface area contributed by atoms with Crippen LogP contribution in [-0.2, 0) is 20.9 Å². The number of fused-ring (bicyclic) bond motifs is 3. The highest BCUT2D eigenvalue weighted by Crippen LogP contribution is 2.42. The van der Waals surface area contributed by atoms with Crippen LogP contribution < -0.4 is 16.0 Å². The van der Waals surface area contributed by atoms with E-state index in [2.05, 4.69) is 55.6 Å². The number of para-hydroxylation sites is 1. The molecule has 0 bridgehead atoms. The highest BCUT2D eigenvalue weighted by Gasteiger charge is 2.40. The van der Waals surface area contributed by atoms with E-state index in [0.717, 1.165) is 64.8 Å². The Morgan fingerprint density at radius 3 is 2.30 bits per heavy atom. The highest BCUT2D eigenvalue weighted by molar-refractivity contribution is 6.06. The summed E-state index contributed by atoms with van der Waals surface area (Å²) in [6.45, 7) is 4.48. The zero-order valence-electron chi connectivity index (χ0n) is 26.7. The lowest BCUT2D eigenvalue weighted by molar-refractivity contribution is -0.136. The molecule has 1 saturated carbocycles. The molecule has 4 aromatic rings. The van der Waals surface area contributed by atoms with Crippen molar-refractivity contribution in [1.82, 2.24) is 5.32 Å². The lowest BCUT2D eigenvalue weighted by atomic mass is 9.82. The van der Waals surface area contributed by atoms with Gasteiger partial charge in [-0.2, -0.15) is 0 Å². The topological polar surface area (TPSA) is 92.5 Å². The van der Waals surface area contributed by atoms with Crippen LogP contribution in [0.25, 0.3) is 22.3 Å². The number of anilines is 1. The molecule has 3 atom stereocenters. The predicted molar refractivity (Wildman–Crippen MR) is 184 cm³/mol. The molecule has 0 aromatic heterocycles. The van der Waals surface area contributed by atoms with E-state index < -0.39 is 23.8 Å². The molecule has 1 aliphatic carbocycles. The fourth-order valence-corrected chi connectivity index (χ4v) is 6.80. The molecule has 1 fully saturated rings. The Morgan fingerprint density at radius 1 is 0.870 bits per heavy atom. The second kappa shape index (κ2) is 13.7. The van der Waals surface area contributed by atoms with Crippen LogP contribution in [-0.4, -0.2) is 17.7 Å². The van der Waals surface area contributed by atoms with Crippen LogP contribution in [0.1, 0.15) is 68.2 Å². The first-order valence-corrected chi connectivity index (χ1v) is 16.6. The van der Waals surface area contributed by atoms with E-state index in [9.17, 15) is 14.4 Å². The molecule has 0 radical (unpaired) electrons. The summed E-state index contributed by atoms with van der Waals surface area (Å²) in [6.07, 6.45) is 5.02. The predicted octanol–water partition coefficient (Wildman–Crippen LogP) is 7.74. The van der Waals surface area contributed by atoms with Crippen molar-refractivity contribution in [3.63, 3.8) is 0 Å². The minimum atomic E-state index is -0.919. The first-order chi connectivity index (χ1) is 22.3. The zero-order chi connectivity index (χ0) is 32.2. The Hall–Kier alpha value is -4.71. The molecule has 46 heavy (non-hydrogen) atoms. The fraction of sp³-hybridized carbons (Fsp3) is 0.325. The molecule has 3 unspecified atom stereocenters. The Morgan fingerprint density at radius 2 is 1.59 bits per heavy atom. The van der Waals surface area contributed by atoms with Gasteiger partial charge in [0.05, 0.1) is 12.2 Å². The van der Waals surface area contributed by atoms with Crippen molar-refractivity contribution in [2.24, 2.45) is 23.5 Å². The Balaban J connectivity index is 1.37. The number of carbonyl (C=O) groups is 3. The number of benzene rings is 4. The molecule has 3 N–H and O–H groups in total. The van der Waals surface area contributed by atoms with Gasteiger partial charge in [-0.25, -0.2) is 0 Å². The van der Waals surface area contributed by atoms with Crippen LogP contribution in [0.3, 0.4) is 0 Å². The maximum atomic E-state index is 14.8. The van der Waals surface area contributed by atoms with E-state index in [1.807, 2.05) is 60.7 Å². The average molecular weight is 614 g/mol. The number of unbranched alkanes of at least 4 members (excludes halogenated alkanes) is 1. The molecular weight excluding hydrogens is 570 g/mol. The van der Waals surface area contributed by atoms with Gasteiger partial charge in [0.2, 0.25) is 11.8 Å². The van der Waals surface area contributed by atoms with Gasteiger partial charge in [0.25, 0.3) is 5.91 Å². The third kappa shape index (κ3) is 6.76. The van der Waals surface area contributed by atoms with Crippen LogP contribution in [0.4, 0.5) is 5.69 Å². The van der Waals surface area contributed by atoms with Crippen LogP contribution >= 0.6 is 0 Å². The molecule has 1 heterocycles. The summed E-state index contributed by atoms with van der Waals surface area (Å²) in [4.78, 5) is 43.5. The summed E-state index contributed by atoms with van der Waals surface area (Å²) in [5.74, 6) is -1.63. The molecule has 3 amide bonds. The van der Waals surface area contributed by atoms with Crippen molar-refractivity contribution in [2.75, 3.05) is 4.90 Å². The van der Waals surface area contributed by atoms with Crippen molar-refractivity contribution in [3.05, 3.63) is 114 Å². The number of nitrogens with one attached hydrogen (secondary N) is 1. The number of nitrogens with zero attached hydrogens (tertiary/aromatic N) is 1. The van der Waals surface area contributed by atoms with Gasteiger partial charge in [-0.05, 0) is 65.6 Å². The summed E-state index contributed by atoms with van der Waals surface area (Å²) in [6, 6.07) is 31.5. The normalized spacial score (nSPS) is 17.0. The number of rotatable bonds is 12. The summed E-state index contributed by atoms with van der Waals surface area (Å²) in [7, 11) is 0. The number of hydrogen-bond donors (Lipinski definition) is 2. The molecule has 0 spiro atoms. The zero-order valence-corrected chi connectivity index (χ0v) is 26.7. The first-order valence-electron chi connectivity index (χ1n) is 16.6. The lowest BCUT2D eigenvalue weighted by Crippen LogP contribution is -2.46. The number of aryl methyl sites for hydroxylation is 1. The monoisotopic (exact) mass is 613 g/mol. The van der Waals surface area contributed by atoms with E-state index in [1.165, 1.54) is 5.56 Å². The van der Waals surface area contributed by atoms with Crippen LogP contribution in [0.5, 0.6) is 0 Å². The van der Waals surface area contributed by atoms with Gasteiger partial charge in [0.15, 0.2) is 0 Å². The number of primary amides is 1. The van der Waals surface area contributed by atoms with Gasteiger partial charge in [-0.3, -0.25) is 14.4 Å². The quantitative estimate of drug-likeness (QED) is 0.171.